The Morgan fingerprint density at radius 1 is 1.21 bits per heavy atom. The molecule has 1 aromatic carbocycles. The molecule has 2 atom stereocenters. The first-order valence-corrected chi connectivity index (χ1v) is 9.79. The quantitative estimate of drug-likeness (QED) is 0.748. The number of benzene rings is 1. The van der Waals surface area contributed by atoms with Gasteiger partial charge in [-0.1, -0.05) is 6.92 Å². The third kappa shape index (κ3) is 3.96. The Bertz CT molecular complexity index is 925. The van der Waals surface area contributed by atoms with Gasteiger partial charge in [0.05, 0.1) is 11.4 Å². The molecule has 1 saturated carbocycles. The van der Waals surface area contributed by atoms with Crippen LogP contribution < -0.4 is 16.0 Å². The van der Waals surface area contributed by atoms with Crippen molar-refractivity contribution in [3.8, 4) is 0 Å². The number of nitrogens with two attached hydrogens (primary N) is 1. The summed E-state index contributed by atoms with van der Waals surface area (Å²) in [6.07, 6.45) is 6.51. The van der Waals surface area contributed by atoms with Crippen LogP contribution in [0.4, 0.5) is 11.4 Å². The van der Waals surface area contributed by atoms with Crippen LogP contribution in [0.2, 0.25) is 0 Å². The van der Waals surface area contributed by atoms with E-state index in [0.717, 1.165) is 43.8 Å². The van der Waals surface area contributed by atoms with Gasteiger partial charge in [-0.25, -0.2) is 0 Å². The smallest absolute Gasteiger partial charge is 0.248 e. The molecule has 146 valence electrons. The van der Waals surface area contributed by atoms with E-state index in [2.05, 4.69) is 17.1 Å². The lowest BCUT2D eigenvalue weighted by atomic mass is 10.1. The fourth-order valence-electron chi connectivity index (χ4n) is 3.73. The number of amides is 2. The molecule has 28 heavy (non-hydrogen) atoms. The number of furan rings is 1. The summed E-state index contributed by atoms with van der Waals surface area (Å²) in [5.74, 6) is 2.03. The second-order valence-corrected chi connectivity index (χ2v) is 7.67. The second-order valence-electron chi connectivity index (χ2n) is 7.67. The molecule has 2 heterocycles. The number of carbonyl (C=O) groups is 2. The maximum atomic E-state index is 12.5. The van der Waals surface area contributed by atoms with Gasteiger partial charge in [0.2, 0.25) is 11.8 Å². The van der Waals surface area contributed by atoms with E-state index in [1.54, 1.807) is 18.2 Å². The predicted molar refractivity (Wildman–Crippen MR) is 109 cm³/mol. The van der Waals surface area contributed by atoms with Crippen molar-refractivity contribution in [3.05, 3.63) is 53.5 Å². The molecule has 2 amide bonds. The molecule has 1 aromatic heterocycles. The van der Waals surface area contributed by atoms with E-state index in [1.165, 1.54) is 6.08 Å². The molecule has 1 saturated heterocycles. The number of rotatable bonds is 6. The highest BCUT2D eigenvalue weighted by Crippen LogP contribution is 2.47. The molecule has 0 spiro atoms. The fourth-order valence-corrected chi connectivity index (χ4v) is 3.73. The largest absolute Gasteiger partial charge is 0.461 e. The molecule has 6 nitrogen and oxygen atoms in total. The van der Waals surface area contributed by atoms with Crippen molar-refractivity contribution in [1.82, 2.24) is 0 Å². The van der Waals surface area contributed by atoms with Crippen LogP contribution in [0.1, 0.15) is 54.0 Å². The van der Waals surface area contributed by atoms with Gasteiger partial charge < -0.3 is 20.4 Å². The van der Waals surface area contributed by atoms with Crippen LogP contribution in [-0.2, 0) is 4.79 Å². The topological polar surface area (TPSA) is 88.6 Å². The minimum atomic E-state index is -0.517. The SMILES string of the molecule is CC1CC1c1ccc(C=CC(=O)Nc2cc(C(N)=O)ccc2N2CCCC2)o1. The summed E-state index contributed by atoms with van der Waals surface area (Å²) in [5, 5.41) is 2.89. The van der Waals surface area contributed by atoms with Crippen LogP contribution in [-0.4, -0.2) is 24.9 Å². The number of hydrogen-bond donors (Lipinski definition) is 2. The Morgan fingerprint density at radius 2 is 1.96 bits per heavy atom. The Hall–Kier alpha value is -3.02. The monoisotopic (exact) mass is 379 g/mol. The zero-order chi connectivity index (χ0) is 19.7. The first-order valence-electron chi connectivity index (χ1n) is 9.79. The van der Waals surface area contributed by atoms with E-state index < -0.39 is 5.91 Å². The summed E-state index contributed by atoms with van der Waals surface area (Å²) in [5.41, 5.74) is 7.28. The van der Waals surface area contributed by atoms with Crippen molar-refractivity contribution in [3.63, 3.8) is 0 Å². The lowest BCUT2D eigenvalue weighted by molar-refractivity contribution is -0.111. The first kappa shape index (κ1) is 18.3. The van der Waals surface area contributed by atoms with E-state index in [9.17, 15) is 9.59 Å². The normalized spacial score (nSPS) is 21.2. The maximum Gasteiger partial charge on any atom is 0.248 e. The average molecular weight is 379 g/mol. The van der Waals surface area contributed by atoms with E-state index in [4.69, 9.17) is 10.2 Å². The Balaban J connectivity index is 1.48. The van der Waals surface area contributed by atoms with Crippen molar-refractivity contribution in [2.24, 2.45) is 11.7 Å². The van der Waals surface area contributed by atoms with Crippen molar-refractivity contribution in [2.75, 3.05) is 23.3 Å². The van der Waals surface area contributed by atoms with E-state index in [1.807, 2.05) is 18.2 Å². The summed E-state index contributed by atoms with van der Waals surface area (Å²) in [4.78, 5) is 26.2. The standard InChI is InChI=1S/C22H25N3O3/c1-14-12-17(14)20-8-5-16(28-20)6-9-21(26)24-18-13-15(22(23)27)4-7-19(18)25-10-2-3-11-25/h4-9,13-14,17H,2-3,10-12H2,1H3,(H2,23,27)(H,24,26). The molecule has 2 fully saturated rings. The zero-order valence-corrected chi connectivity index (χ0v) is 16.0. The molecular weight excluding hydrogens is 354 g/mol. The van der Waals surface area contributed by atoms with Crippen LogP contribution in [0.3, 0.4) is 0 Å². The van der Waals surface area contributed by atoms with Crippen LogP contribution >= 0.6 is 0 Å². The molecule has 2 aliphatic rings. The van der Waals surface area contributed by atoms with Gasteiger partial charge in [-0.05, 0) is 61.6 Å². The van der Waals surface area contributed by atoms with Gasteiger partial charge in [-0.2, -0.15) is 0 Å². The van der Waals surface area contributed by atoms with Crippen molar-refractivity contribution < 1.29 is 14.0 Å². The van der Waals surface area contributed by atoms with Gasteiger partial charge in [0.1, 0.15) is 11.5 Å². The van der Waals surface area contributed by atoms with Gasteiger partial charge in [-0.15, -0.1) is 0 Å². The number of nitrogens with one attached hydrogen (secondary N) is 1. The number of carbonyl (C=O) groups excluding carboxylic acids is 2. The third-order valence-electron chi connectivity index (χ3n) is 5.51. The molecule has 0 radical (unpaired) electrons. The molecule has 4 rings (SSSR count). The number of hydrogen-bond acceptors (Lipinski definition) is 4. The summed E-state index contributed by atoms with van der Waals surface area (Å²) in [6, 6.07) is 9.05. The first-order chi connectivity index (χ1) is 13.5. The van der Waals surface area contributed by atoms with E-state index in [0.29, 0.717) is 28.8 Å². The van der Waals surface area contributed by atoms with Gasteiger partial charge in [0.25, 0.3) is 0 Å². The van der Waals surface area contributed by atoms with Gasteiger partial charge in [0, 0.05) is 30.6 Å². The lowest BCUT2D eigenvalue weighted by Crippen LogP contribution is -2.21. The van der Waals surface area contributed by atoms with Crippen molar-refractivity contribution in [1.29, 1.82) is 0 Å². The lowest BCUT2D eigenvalue weighted by Gasteiger charge is -2.21. The number of nitrogens with zero attached hydrogens (tertiary/aromatic N) is 1. The molecule has 1 aliphatic carbocycles. The van der Waals surface area contributed by atoms with Crippen molar-refractivity contribution in [2.45, 2.75) is 32.1 Å². The summed E-state index contributed by atoms with van der Waals surface area (Å²) < 4.78 is 5.80. The molecular formula is C22H25N3O3. The highest BCUT2D eigenvalue weighted by atomic mass is 16.3. The molecule has 3 N–H and O–H groups in total. The molecule has 6 heteroatoms. The van der Waals surface area contributed by atoms with Crippen LogP contribution in [0.25, 0.3) is 6.08 Å². The Kier molecular flexibility index (Phi) is 4.94. The highest BCUT2D eigenvalue weighted by molar-refractivity contribution is 6.05. The summed E-state index contributed by atoms with van der Waals surface area (Å²) in [6.45, 7) is 4.07. The molecule has 1 aliphatic heterocycles. The van der Waals surface area contributed by atoms with Gasteiger partial charge in [0.15, 0.2) is 0 Å². The summed E-state index contributed by atoms with van der Waals surface area (Å²) in [7, 11) is 0. The molecule has 0 bridgehead atoms. The Morgan fingerprint density at radius 3 is 2.64 bits per heavy atom. The second kappa shape index (κ2) is 7.54. The zero-order valence-electron chi connectivity index (χ0n) is 16.0. The fraction of sp³-hybridized carbons (Fsp3) is 0.364. The van der Waals surface area contributed by atoms with Gasteiger partial charge in [-0.3, -0.25) is 9.59 Å². The minimum absolute atomic E-state index is 0.278. The number of primary amides is 1. The minimum Gasteiger partial charge on any atom is -0.461 e. The van der Waals surface area contributed by atoms with Crippen molar-refractivity contribution >= 4 is 29.3 Å². The van der Waals surface area contributed by atoms with Crippen LogP contribution in [0.15, 0.2) is 40.8 Å². The average Bonchev–Trinajstić information content (AvgIpc) is 3.09. The Labute approximate surface area is 164 Å². The maximum absolute atomic E-state index is 12.5. The molecule has 2 aromatic rings. The van der Waals surface area contributed by atoms with E-state index in [-0.39, 0.29) is 5.91 Å². The number of anilines is 2. The van der Waals surface area contributed by atoms with Crippen LogP contribution in [0, 0.1) is 5.92 Å². The molecule has 2 unspecified atom stereocenters. The highest BCUT2D eigenvalue weighted by Gasteiger charge is 2.36. The summed E-state index contributed by atoms with van der Waals surface area (Å²) >= 11 is 0. The van der Waals surface area contributed by atoms with Gasteiger partial charge >= 0.3 is 0 Å². The third-order valence-corrected chi connectivity index (χ3v) is 5.51. The van der Waals surface area contributed by atoms with E-state index >= 15 is 0 Å². The van der Waals surface area contributed by atoms with Crippen LogP contribution in [0.5, 0.6) is 0 Å². The predicted octanol–water partition coefficient (Wildman–Crippen LogP) is 3.75.